The summed E-state index contributed by atoms with van der Waals surface area (Å²) in [5.41, 5.74) is 0.303. The van der Waals surface area contributed by atoms with Gasteiger partial charge in [0.05, 0.1) is 34.5 Å². The van der Waals surface area contributed by atoms with Gasteiger partial charge in [0, 0.05) is 23.5 Å². The Labute approximate surface area is 218 Å². The van der Waals surface area contributed by atoms with Gasteiger partial charge in [-0.15, -0.1) is 0 Å². The maximum absolute atomic E-state index is 13.4. The fraction of sp³-hybridized carbons (Fsp3) is 0.500. The van der Waals surface area contributed by atoms with Crippen molar-refractivity contribution in [2.45, 2.75) is 52.4 Å². The minimum absolute atomic E-state index is 0. The molecule has 0 fully saturated rings. The number of hydrogen-bond donors (Lipinski definition) is 0. The fourth-order valence-electron chi connectivity index (χ4n) is 3.31. The van der Waals surface area contributed by atoms with Gasteiger partial charge in [0.25, 0.3) is 0 Å². The van der Waals surface area contributed by atoms with E-state index < -0.39 is 0 Å². The molecule has 2 aromatic carbocycles. The second kappa shape index (κ2) is 16.7. The van der Waals surface area contributed by atoms with Crippen LogP contribution in [-0.2, 0) is 0 Å². The first-order valence-corrected chi connectivity index (χ1v) is 12.6. The molecule has 0 spiro atoms. The molecule has 0 aliphatic heterocycles. The fourth-order valence-corrected chi connectivity index (χ4v) is 4.36. The molecule has 0 amide bonds. The molecule has 2 rings (SSSR count). The van der Waals surface area contributed by atoms with Crippen LogP contribution < -0.4 is 29.0 Å². The third-order valence-electron chi connectivity index (χ3n) is 5.17. The Morgan fingerprint density at radius 2 is 1.29 bits per heavy atom. The molecule has 184 valence electrons. The van der Waals surface area contributed by atoms with E-state index in [0.717, 1.165) is 49.6 Å². The van der Waals surface area contributed by atoms with Crippen LogP contribution >= 0.6 is 8.58 Å². The molecule has 6 nitrogen and oxygen atoms in total. The first-order valence-electron chi connectivity index (χ1n) is 11.6. The van der Waals surface area contributed by atoms with Crippen molar-refractivity contribution in [1.82, 2.24) is 0 Å². The quantitative estimate of drug-likeness (QED) is 0.182. The predicted octanol–water partition coefficient (Wildman–Crippen LogP) is 5.35. The van der Waals surface area contributed by atoms with Crippen molar-refractivity contribution in [3.63, 3.8) is 0 Å². The summed E-state index contributed by atoms with van der Waals surface area (Å²) in [6.45, 7) is 5.60. The van der Waals surface area contributed by atoms with Crippen molar-refractivity contribution in [3.05, 3.63) is 35.9 Å². The molecule has 0 bridgehead atoms. The summed E-state index contributed by atoms with van der Waals surface area (Å²) in [5, 5.41) is 0.831. The molecule has 0 radical (unpaired) electrons. The number of carbonyl (C=O) groups excluding carboxylic acids is 1. The van der Waals surface area contributed by atoms with Crippen LogP contribution in [0, 0.1) is 0 Å². The summed E-state index contributed by atoms with van der Waals surface area (Å²) in [7, 11) is 4.46. The van der Waals surface area contributed by atoms with Gasteiger partial charge in [-0.3, -0.25) is 4.79 Å². The number of methoxy groups -OCH3 is 3. The molecular weight excluding hydrogens is 446 g/mol. The van der Waals surface area contributed by atoms with Crippen LogP contribution in [0.1, 0.15) is 62.7 Å². The van der Waals surface area contributed by atoms with Crippen molar-refractivity contribution < 1.29 is 28.5 Å². The first-order chi connectivity index (χ1) is 16.1. The average molecular weight is 484 g/mol. The van der Waals surface area contributed by atoms with Crippen molar-refractivity contribution in [2.75, 3.05) is 34.5 Å². The van der Waals surface area contributed by atoms with Gasteiger partial charge in [-0.25, -0.2) is 0 Å². The third kappa shape index (κ3) is 9.06. The molecule has 0 saturated carbocycles. The van der Waals surface area contributed by atoms with Crippen molar-refractivity contribution in [2.24, 2.45) is 0 Å². The van der Waals surface area contributed by atoms with E-state index >= 15 is 0 Å². The Morgan fingerprint density at radius 1 is 0.735 bits per heavy atom. The van der Waals surface area contributed by atoms with Gasteiger partial charge in [0.2, 0.25) is 0 Å². The van der Waals surface area contributed by atoms with Gasteiger partial charge in [-0.1, -0.05) is 39.5 Å². The number of ether oxygens (including phenoxy) is 5. The SMILES string of the molecule is CCCCCOc1ccc(PC(=O)c2c(OC)cc(OC)cc2OC)c(OCCCCC)c1.[LiH]. The van der Waals surface area contributed by atoms with E-state index in [-0.39, 0.29) is 33.0 Å². The zero-order chi connectivity index (χ0) is 24.1. The molecular formula is C26H38LiO6P. The van der Waals surface area contributed by atoms with Crippen LogP contribution in [0.2, 0.25) is 0 Å². The Morgan fingerprint density at radius 3 is 1.82 bits per heavy atom. The van der Waals surface area contributed by atoms with Gasteiger partial charge >= 0.3 is 18.9 Å². The third-order valence-corrected chi connectivity index (χ3v) is 6.32. The summed E-state index contributed by atoms with van der Waals surface area (Å²) < 4.78 is 28.2. The second-order valence-corrected chi connectivity index (χ2v) is 8.87. The van der Waals surface area contributed by atoms with Crippen molar-refractivity contribution in [1.29, 1.82) is 0 Å². The number of rotatable bonds is 16. The zero-order valence-corrected chi connectivity index (χ0v) is 21.5. The van der Waals surface area contributed by atoms with E-state index in [9.17, 15) is 4.79 Å². The van der Waals surface area contributed by atoms with E-state index in [4.69, 9.17) is 23.7 Å². The normalized spacial score (nSPS) is 10.6. The summed E-state index contributed by atoms with van der Waals surface area (Å²) in [5.74, 6) is 2.86. The Balaban J connectivity index is 0.00000578. The molecule has 0 aromatic heterocycles. The first kappa shape index (κ1) is 30.2. The molecule has 0 N–H and O–H groups in total. The van der Waals surface area contributed by atoms with Crippen LogP contribution in [0.3, 0.4) is 0 Å². The second-order valence-electron chi connectivity index (χ2n) is 7.63. The monoisotopic (exact) mass is 484 g/mol. The molecule has 2 aromatic rings. The number of unbranched alkanes of at least 4 members (excludes halogenated alkanes) is 4. The van der Waals surface area contributed by atoms with E-state index in [1.807, 2.05) is 18.2 Å². The summed E-state index contributed by atoms with van der Waals surface area (Å²) in [6.07, 6.45) is 6.49. The van der Waals surface area contributed by atoms with Gasteiger partial charge in [0.1, 0.15) is 34.3 Å². The molecule has 0 aliphatic rings. The summed E-state index contributed by atoms with van der Waals surface area (Å²) in [4.78, 5) is 13.4. The van der Waals surface area contributed by atoms with Gasteiger partial charge in [-0.05, 0) is 33.6 Å². The Hall–Kier alpha value is -1.86. The van der Waals surface area contributed by atoms with E-state index in [1.165, 1.54) is 14.2 Å². The molecule has 0 saturated heterocycles. The summed E-state index contributed by atoms with van der Waals surface area (Å²) in [6, 6.07) is 9.10. The molecule has 8 heteroatoms. The number of carbonyl (C=O) groups is 1. The van der Waals surface area contributed by atoms with Gasteiger partial charge < -0.3 is 23.7 Å². The van der Waals surface area contributed by atoms with Crippen LogP contribution in [-0.4, -0.2) is 58.9 Å². The standard InChI is InChI=1S/C26H37O6P.Li.H/c1-6-8-10-14-31-19-12-13-24(21(16-19)32-15-11-9-7-2)33-26(27)25-22(29-4)17-20(28-3)18-23(25)30-5;;/h12-13,16-18,33H,6-11,14-15H2,1-5H3;;. The number of hydrogen-bond acceptors (Lipinski definition) is 6. The van der Waals surface area contributed by atoms with Gasteiger partial charge in [-0.2, -0.15) is 0 Å². The van der Waals surface area contributed by atoms with Crippen LogP contribution in [0.15, 0.2) is 30.3 Å². The van der Waals surface area contributed by atoms with Crippen molar-refractivity contribution >= 4 is 38.3 Å². The predicted molar refractivity (Wildman–Crippen MR) is 142 cm³/mol. The Kier molecular flexibility index (Phi) is 14.8. The Bertz CT molecular complexity index is 865. The molecule has 34 heavy (non-hydrogen) atoms. The molecule has 1 unspecified atom stereocenters. The van der Waals surface area contributed by atoms with Crippen LogP contribution in [0.5, 0.6) is 28.7 Å². The van der Waals surface area contributed by atoms with E-state index in [1.54, 1.807) is 19.2 Å². The average Bonchev–Trinajstić information content (AvgIpc) is 2.84. The van der Waals surface area contributed by atoms with Crippen molar-refractivity contribution in [3.8, 4) is 28.7 Å². The van der Waals surface area contributed by atoms with E-state index in [2.05, 4.69) is 13.8 Å². The van der Waals surface area contributed by atoms with Crippen LogP contribution in [0.4, 0.5) is 0 Å². The molecule has 0 aliphatic carbocycles. The van der Waals surface area contributed by atoms with E-state index in [0.29, 0.717) is 41.8 Å². The topological polar surface area (TPSA) is 63.2 Å². The zero-order valence-electron chi connectivity index (χ0n) is 20.5. The molecule has 0 heterocycles. The maximum atomic E-state index is 13.4. The summed E-state index contributed by atoms with van der Waals surface area (Å²) >= 11 is 0. The minimum atomic E-state index is -0.159. The van der Waals surface area contributed by atoms with Gasteiger partial charge in [0.15, 0.2) is 5.52 Å². The van der Waals surface area contributed by atoms with Crippen LogP contribution in [0.25, 0.3) is 0 Å². The number of benzene rings is 2. The molecule has 1 atom stereocenters.